The van der Waals surface area contributed by atoms with Gasteiger partial charge in [-0.25, -0.2) is 4.79 Å². The maximum atomic E-state index is 13.7. The van der Waals surface area contributed by atoms with Crippen LogP contribution < -0.4 is 5.32 Å². The molecule has 4 aromatic rings. The third kappa shape index (κ3) is 3.40. The molecule has 4 nitrogen and oxygen atoms in total. The predicted octanol–water partition coefficient (Wildman–Crippen LogP) is 6.23. The lowest BCUT2D eigenvalue weighted by Gasteiger charge is -2.31. The van der Waals surface area contributed by atoms with E-state index in [-0.39, 0.29) is 12.1 Å². The second-order valence-corrected chi connectivity index (χ2v) is 8.05. The third-order valence-corrected chi connectivity index (χ3v) is 6.19. The predicted molar refractivity (Wildman–Crippen MR) is 125 cm³/mol. The van der Waals surface area contributed by atoms with E-state index in [2.05, 4.69) is 59.4 Å². The summed E-state index contributed by atoms with van der Waals surface area (Å²) in [5.74, 6) is 0. The van der Waals surface area contributed by atoms with E-state index in [1.165, 1.54) is 0 Å². The molecule has 1 N–H and O–H groups in total. The Labute approximate surface area is 182 Å². The van der Waals surface area contributed by atoms with Crippen LogP contribution in [0.2, 0.25) is 0 Å². The van der Waals surface area contributed by atoms with Gasteiger partial charge in [-0.15, -0.1) is 0 Å². The van der Waals surface area contributed by atoms with Gasteiger partial charge in [-0.05, 0) is 60.4 Å². The first-order chi connectivity index (χ1) is 15.1. The Morgan fingerprint density at radius 2 is 1.65 bits per heavy atom. The lowest BCUT2D eigenvalue weighted by molar-refractivity contribution is 0.194. The molecule has 0 aliphatic carbocycles. The summed E-state index contributed by atoms with van der Waals surface area (Å²) in [6.45, 7) is 4.63. The van der Waals surface area contributed by atoms with Gasteiger partial charge in [0.1, 0.15) is 0 Å². The minimum atomic E-state index is -0.200. The molecule has 3 aromatic carbocycles. The average Bonchev–Trinajstić information content (AvgIpc) is 3.21. The zero-order valence-corrected chi connectivity index (χ0v) is 17.7. The fourth-order valence-corrected chi connectivity index (χ4v) is 4.40. The summed E-state index contributed by atoms with van der Waals surface area (Å²) in [6.07, 6.45) is 2.08. The van der Waals surface area contributed by atoms with Crippen molar-refractivity contribution in [2.45, 2.75) is 26.4 Å². The molecule has 2 amide bonds. The summed E-state index contributed by atoms with van der Waals surface area (Å²) in [5.41, 5.74) is 7.50. The van der Waals surface area contributed by atoms with Gasteiger partial charge in [0.2, 0.25) is 0 Å². The van der Waals surface area contributed by atoms with Crippen molar-refractivity contribution in [3.8, 4) is 5.69 Å². The Kier molecular flexibility index (Phi) is 4.83. The molecule has 0 saturated carbocycles. The zero-order valence-electron chi connectivity index (χ0n) is 17.7. The monoisotopic (exact) mass is 407 g/mol. The zero-order chi connectivity index (χ0) is 21.4. The number of aromatic nitrogens is 1. The first kappa shape index (κ1) is 19.2. The number of hydrogen-bond acceptors (Lipinski definition) is 1. The first-order valence-corrected chi connectivity index (χ1v) is 10.6. The Balaban J connectivity index is 1.63. The summed E-state index contributed by atoms with van der Waals surface area (Å²) in [5, 5.41) is 3.18. The lowest BCUT2D eigenvalue weighted by Crippen LogP contribution is -2.38. The smallest absolute Gasteiger partial charge is 0.318 e. The number of amides is 2. The summed E-state index contributed by atoms with van der Waals surface area (Å²) in [4.78, 5) is 15.7. The highest BCUT2D eigenvalue weighted by Gasteiger charge is 2.33. The van der Waals surface area contributed by atoms with Crippen molar-refractivity contribution in [3.63, 3.8) is 0 Å². The number of nitrogens with one attached hydrogen (secondary N) is 1. The van der Waals surface area contributed by atoms with Crippen molar-refractivity contribution < 1.29 is 4.79 Å². The molecule has 0 radical (unpaired) electrons. The molecule has 1 aliphatic heterocycles. The van der Waals surface area contributed by atoms with E-state index in [1.807, 2.05) is 60.4 Å². The number of carbonyl (C=O) groups is 1. The number of para-hydroxylation sites is 1. The van der Waals surface area contributed by atoms with Crippen molar-refractivity contribution in [1.29, 1.82) is 0 Å². The van der Waals surface area contributed by atoms with Gasteiger partial charge in [-0.3, -0.25) is 0 Å². The van der Waals surface area contributed by atoms with Crippen LogP contribution in [0.3, 0.4) is 0 Å². The maximum absolute atomic E-state index is 13.7. The highest BCUT2D eigenvalue weighted by atomic mass is 16.2. The van der Waals surface area contributed by atoms with Crippen LogP contribution in [0.15, 0.2) is 91.1 Å². The minimum Gasteiger partial charge on any atom is -0.318 e. The number of aryl methyl sites for hydroxylation is 1. The van der Waals surface area contributed by atoms with Gasteiger partial charge < -0.3 is 14.8 Å². The van der Waals surface area contributed by atoms with Crippen LogP contribution in [0, 0.1) is 13.8 Å². The molecule has 1 atom stereocenters. The molecule has 154 valence electrons. The molecule has 0 bridgehead atoms. The number of nitrogens with zero attached hydrogens (tertiary/aromatic N) is 2. The van der Waals surface area contributed by atoms with Crippen LogP contribution in [-0.2, 0) is 6.54 Å². The Hall–Kier alpha value is -3.79. The largest absolute Gasteiger partial charge is 0.322 e. The summed E-state index contributed by atoms with van der Waals surface area (Å²) in [6, 6.07) is 28.4. The number of anilines is 1. The standard InChI is InChI=1S/C27H25N3O/c1-19-10-8-14-23(20(19)2)28-27(31)30-18-22-13-6-7-15-24(22)29-17-9-16-25(29)26(30)21-11-4-3-5-12-21/h3-17,26H,18H2,1-2H3,(H,28,31)/t26-/m0/s1. The highest BCUT2D eigenvalue weighted by Crippen LogP contribution is 2.37. The van der Waals surface area contributed by atoms with Crippen molar-refractivity contribution in [2.75, 3.05) is 5.32 Å². The van der Waals surface area contributed by atoms with Crippen LogP contribution in [-0.4, -0.2) is 15.5 Å². The normalized spacial score (nSPS) is 15.0. The van der Waals surface area contributed by atoms with Crippen molar-refractivity contribution in [1.82, 2.24) is 9.47 Å². The van der Waals surface area contributed by atoms with Gasteiger partial charge in [0.15, 0.2) is 0 Å². The number of fused-ring (bicyclic) bond motifs is 3. The van der Waals surface area contributed by atoms with Gasteiger partial charge in [0.05, 0.1) is 18.3 Å². The van der Waals surface area contributed by atoms with Gasteiger partial charge in [0.25, 0.3) is 0 Å². The highest BCUT2D eigenvalue weighted by molar-refractivity contribution is 5.91. The number of urea groups is 1. The number of carbonyl (C=O) groups excluding carboxylic acids is 1. The third-order valence-electron chi connectivity index (χ3n) is 6.19. The minimum absolute atomic E-state index is 0.105. The molecule has 0 saturated heterocycles. The van der Waals surface area contributed by atoms with E-state index in [1.54, 1.807) is 0 Å². The Morgan fingerprint density at radius 1 is 0.871 bits per heavy atom. The average molecular weight is 408 g/mol. The summed E-state index contributed by atoms with van der Waals surface area (Å²) < 4.78 is 2.21. The Morgan fingerprint density at radius 3 is 2.48 bits per heavy atom. The fraction of sp³-hybridized carbons (Fsp3) is 0.148. The molecular weight excluding hydrogens is 382 g/mol. The second-order valence-electron chi connectivity index (χ2n) is 8.05. The molecule has 4 heteroatoms. The molecular formula is C27H25N3O. The van der Waals surface area contributed by atoms with Crippen molar-refractivity contribution in [2.24, 2.45) is 0 Å². The molecule has 31 heavy (non-hydrogen) atoms. The number of benzene rings is 3. The van der Waals surface area contributed by atoms with Crippen LogP contribution >= 0.6 is 0 Å². The molecule has 0 spiro atoms. The van der Waals surface area contributed by atoms with Crippen LogP contribution in [0.1, 0.15) is 34.0 Å². The van der Waals surface area contributed by atoms with Crippen LogP contribution in [0.25, 0.3) is 5.69 Å². The first-order valence-electron chi connectivity index (χ1n) is 10.6. The van der Waals surface area contributed by atoms with E-state index in [9.17, 15) is 4.79 Å². The second kappa shape index (κ2) is 7.80. The maximum Gasteiger partial charge on any atom is 0.322 e. The number of rotatable bonds is 2. The van der Waals surface area contributed by atoms with Gasteiger partial charge in [-0.1, -0.05) is 60.7 Å². The SMILES string of the molecule is Cc1cccc(NC(=O)N2Cc3ccccc3-n3cccc3[C@@H]2c2ccccc2)c1C. The van der Waals surface area contributed by atoms with Crippen molar-refractivity contribution in [3.05, 3.63) is 119 Å². The van der Waals surface area contributed by atoms with E-state index in [4.69, 9.17) is 0 Å². The van der Waals surface area contributed by atoms with Crippen LogP contribution in [0.5, 0.6) is 0 Å². The van der Waals surface area contributed by atoms with E-state index in [0.717, 1.165) is 39.3 Å². The summed E-state index contributed by atoms with van der Waals surface area (Å²) >= 11 is 0. The van der Waals surface area contributed by atoms with E-state index >= 15 is 0 Å². The molecule has 5 rings (SSSR count). The van der Waals surface area contributed by atoms with Crippen LogP contribution in [0.4, 0.5) is 10.5 Å². The van der Waals surface area contributed by atoms with E-state index in [0.29, 0.717) is 6.54 Å². The van der Waals surface area contributed by atoms with Gasteiger partial charge >= 0.3 is 6.03 Å². The van der Waals surface area contributed by atoms with Crippen molar-refractivity contribution >= 4 is 11.7 Å². The molecule has 2 heterocycles. The van der Waals surface area contributed by atoms with E-state index < -0.39 is 0 Å². The molecule has 1 aliphatic rings. The number of hydrogen-bond donors (Lipinski definition) is 1. The summed E-state index contributed by atoms with van der Waals surface area (Å²) in [7, 11) is 0. The lowest BCUT2D eigenvalue weighted by atomic mass is 10.0. The quantitative estimate of drug-likeness (QED) is 0.420. The molecule has 1 aromatic heterocycles. The Bertz CT molecular complexity index is 1240. The van der Waals surface area contributed by atoms with Gasteiger partial charge in [-0.2, -0.15) is 0 Å². The molecule has 0 unspecified atom stereocenters. The van der Waals surface area contributed by atoms with Gasteiger partial charge in [0, 0.05) is 17.6 Å². The topological polar surface area (TPSA) is 37.3 Å². The molecule has 0 fully saturated rings. The fourth-order valence-electron chi connectivity index (χ4n) is 4.40.